The van der Waals surface area contributed by atoms with Crippen LogP contribution in [0.25, 0.3) is 0 Å². The molecule has 0 aliphatic carbocycles. The van der Waals surface area contributed by atoms with Gasteiger partial charge >= 0.3 is 5.97 Å². The van der Waals surface area contributed by atoms with Crippen LogP contribution in [-0.2, 0) is 16.1 Å². The summed E-state index contributed by atoms with van der Waals surface area (Å²) in [6.07, 6.45) is 2.92. The van der Waals surface area contributed by atoms with Gasteiger partial charge < -0.3 is 10.4 Å². The van der Waals surface area contributed by atoms with E-state index in [0.717, 1.165) is 0 Å². The van der Waals surface area contributed by atoms with Gasteiger partial charge in [-0.25, -0.2) is 0 Å². The summed E-state index contributed by atoms with van der Waals surface area (Å²) in [5, 5.41) is 14.7. The second-order valence-corrected chi connectivity index (χ2v) is 2.69. The van der Waals surface area contributed by atoms with Crippen molar-refractivity contribution in [3.63, 3.8) is 0 Å². The van der Waals surface area contributed by atoms with Crippen molar-refractivity contribution in [3.8, 4) is 0 Å². The molecule has 1 aromatic heterocycles. The molecule has 0 fully saturated rings. The molecule has 0 spiro atoms. The maximum absolute atomic E-state index is 10.9. The van der Waals surface area contributed by atoms with E-state index in [4.69, 9.17) is 5.11 Å². The molecular formula is C8H11N3O3. The summed E-state index contributed by atoms with van der Waals surface area (Å²) in [4.78, 5) is 21.0. The van der Waals surface area contributed by atoms with Gasteiger partial charge in [0.2, 0.25) is 5.91 Å². The number of amides is 1. The minimum Gasteiger partial charge on any atom is -0.481 e. The molecule has 0 atom stereocenters. The Kier molecular flexibility index (Phi) is 3.66. The highest BCUT2D eigenvalue weighted by Crippen LogP contribution is 1.83. The number of hydrogen-bond acceptors (Lipinski definition) is 3. The van der Waals surface area contributed by atoms with Gasteiger partial charge in [-0.1, -0.05) is 0 Å². The molecule has 2 N–H and O–H groups in total. The molecule has 1 amide bonds. The maximum atomic E-state index is 10.9. The summed E-state index contributed by atoms with van der Waals surface area (Å²) in [5.41, 5.74) is 0. The lowest BCUT2D eigenvalue weighted by Crippen LogP contribution is -2.28. The summed E-state index contributed by atoms with van der Waals surface area (Å²) in [6.45, 7) is 0.923. The van der Waals surface area contributed by atoms with E-state index in [1.165, 1.54) is 0 Å². The Morgan fingerprint density at radius 1 is 1.50 bits per heavy atom. The molecule has 14 heavy (non-hydrogen) atoms. The van der Waals surface area contributed by atoms with Crippen LogP contribution in [-0.4, -0.2) is 33.3 Å². The van der Waals surface area contributed by atoms with E-state index in [2.05, 4.69) is 10.4 Å². The van der Waals surface area contributed by atoms with Crippen molar-refractivity contribution in [2.45, 2.75) is 13.0 Å². The number of nitrogens with zero attached hydrogens (tertiary/aromatic N) is 2. The molecule has 6 heteroatoms. The lowest BCUT2D eigenvalue weighted by atomic mass is 10.4. The van der Waals surface area contributed by atoms with Gasteiger partial charge in [-0.05, 0) is 6.07 Å². The first kappa shape index (κ1) is 10.2. The Morgan fingerprint density at radius 2 is 2.29 bits per heavy atom. The molecule has 1 heterocycles. The van der Waals surface area contributed by atoms with E-state index in [-0.39, 0.29) is 0 Å². The quantitative estimate of drug-likeness (QED) is 0.622. The van der Waals surface area contributed by atoms with Gasteiger partial charge in [0.25, 0.3) is 0 Å². The van der Waals surface area contributed by atoms with Gasteiger partial charge in [-0.2, -0.15) is 5.10 Å². The van der Waals surface area contributed by atoms with Crippen molar-refractivity contribution in [1.29, 1.82) is 0 Å². The number of carbonyl (C=O) groups excluding carboxylic acids is 1. The molecule has 0 aliphatic rings. The minimum atomic E-state index is -1.12. The van der Waals surface area contributed by atoms with Crippen LogP contribution in [0, 0.1) is 0 Å². The van der Waals surface area contributed by atoms with Crippen LogP contribution >= 0.6 is 0 Å². The Hall–Kier alpha value is -1.85. The van der Waals surface area contributed by atoms with E-state index < -0.39 is 18.3 Å². The van der Waals surface area contributed by atoms with Crippen LogP contribution in [0.2, 0.25) is 0 Å². The number of aromatic nitrogens is 2. The first-order valence-corrected chi connectivity index (χ1v) is 4.14. The van der Waals surface area contributed by atoms with E-state index in [1.807, 2.05) is 0 Å². The molecule has 0 saturated heterocycles. The van der Waals surface area contributed by atoms with Crippen molar-refractivity contribution in [2.75, 3.05) is 6.54 Å². The first-order valence-electron chi connectivity index (χ1n) is 4.14. The number of nitrogens with one attached hydrogen (secondary N) is 1. The Labute approximate surface area is 80.5 Å². The number of carbonyl (C=O) groups is 2. The zero-order valence-corrected chi connectivity index (χ0v) is 7.51. The number of aliphatic carboxylic acids is 1. The van der Waals surface area contributed by atoms with E-state index >= 15 is 0 Å². The molecule has 1 aromatic rings. The largest absolute Gasteiger partial charge is 0.481 e. The van der Waals surface area contributed by atoms with Crippen molar-refractivity contribution < 1.29 is 14.7 Å². The molecule has 0 aromatic carbocycles. The third-order valence-electron chi connectivity index (χ3n) is 1.53. The summed E-state index contributed by atoms with van der Waals surface area (Å²) in [6, 6.07) is 1.78. The van der Waals surface area contributed by atoms with E-state index in [0.29, 0.717) is 13.1 Å². The van der Waals surface area contributed by atoms with E-state index in [1.54, 1.807) is 23.1 Å². The van der Waals surface area contributed by atoms with Gasteiger partial charge in [-0.3, -0.25) is 14.3 Å². The molecule has 6 nitrogen and oxygen atoms in total. The van der Waals surface area contributed by atoms with E-state index in [9.17, 15) is 9.59 Å². The van der Waals surface area contributed by atoms with Gasteiger partial charge in [0, 0.05) is 18.9 Å². The molecule has 0 unspecified atom stereocenters. The van der Waals surface area contributed by atoms with Crippen molar-refractivity contribution in [2.24, 2.45) is 0 Å². The fraction of sp³-hybridized carbons (Fsp3) is 0.375. The predicted octanol–water partition coefficient (Wildman–Crippen LogP) is -0.526. The average molecular weight is 197 g/mol. The fourth-order valence-electron chi connectivity index (χ4n) is 0.942. The van der Waals surface area contributed by atoms with Gasteiger partial charge in [0.1, 0.15) is 6.42 Å². The standard InChI is InChI=1S/C8H11N3O3/c12-7(6-8(13)14)9-3-5-11-4-1-2-10-11/h1-2,4H,3,5-6H2,(H,9,12)(H,13,14). The predicted molar refractivity (Wildman–Crippen MR) is 47.5 cm³/mol. The van der Waals surface area contributed by atoms with Crippen LogP contribution < -0.4 is 5.32 Å². The van der Waals surface area contributed by atoms with Gasteiger partial charge in [0.05, 0.1) is 6.54 Å². The van der Waals surface area contributed by atoms with Crippen molar-refractivity contribution in [3.05, 3.63) is 18.5 Å². The summed E-state index contributed by atoms with van der Waals surface area (Å²) in [7, 11) is 0. The van der Waals surface area contributed by atoms with Crippen LogP contribution in [0.3, 0.4) is 0 Å². The molecule has 0 saturated carbocycles. The lowest BCUT2D eigenvalue weighted by Gasteiger charge is -2.03. The van der Waals surface area contributed by atoms with Gasteiger partial charge in [-0.15, -0.1) is 0 Å². The molecular weight excluding hydrogens is 186 g/mol. The third kappa shape index (κ3) is 3.70. The van der Waals surface area contributed by atoms with Crippen LogP contribution in [0.5, 0.6) is 0 Å². The molecule has 1 rings (SSSR count). The lowest BCUT2D eigenvalue weighted by molar-refractivity contribution is -0.140. The molecule has 0 bridgehead atoms. The monoisotopic (exact) mass is 197 g/mol. The Morgan fingerprint density at radius 3 is 2.86 bits per heavy atom. The molecule has 0 aliphatic heterocycles. The van der Waals surface area contributed by atoms with Gasteiger partial charge in [0.15, 0.2) is 0 Å². The fourth-order valence-corrected chi connectivity index (χ4v) is 0.942. The summed E-state index contributed by atoms with van der Waals surface area (Å²) < 4.78 is 1.65. The summed E-state index contributed by atoms with van der Waals surface area (Å²) in [5.74, 6) is -1.61. The maximum Gasteiger partial charge on any atom is 0.312 e. The molecule has 76 valence electrons. The molecule has 0 radical (unpaired) electrons. The van der Waals surface area contributed by atoms with Crippen LogP contribution in [0.4, 0.5) is 0 Å². The zero-order chi connectivity index (χ0) is 10.4. The van der Waals surface area contributed by atoms with Crippen LogP contribution in [0.15, 0.2) is 18.5 Å². The summed E-state index contributed by atoms with van der Waals surface area (Å²) >= 11 is 0. The highest BCUT2D eigenvalue weighted by molar-refractivity contribution is 5.93. The minimum absolute atomic E-state index is 0.383. The SMILES string of the molecule is O=C(O)CC(=O)NCCn1cccn1. The smallest absolute Gasteiger partial charge is 0.312 e. The Bertz CT molecular complexity index is 308. The highest BCUT2D eigenvalue weighted by atomic mass is 16.4. The van der Waals surface area contributed by atoms with Crippen molar-refractivity contribution in [1.82, 2.24) is 15.1 Å². The third-order valence-corrected chi connectivity index (χ3v) is 1.53. The second kappa shape index (κ2) is 5.00. The Balaban J connectivity index is 2.15. The zero-order valence-electron chi connectivity index (χ0n) is 7.51. The van der Waals surface area contributed by atoms with Crippen LogP contribution in [0.1, 0.15) is 6.42 Å². The number of rotatable bonds is 5. The first-order chi connectivity index (χ1) is 6.68. The van der Waals surface area contributed by atoms with Crippen molar-refractivity contribution >= 4 is 11.9 Å². The highest BCUT2D eigenvalue weighted by Gasteiger charge is 2.05. The number of carboxylic acid groups (broad SMARTS) is 1. The second-order valence-electron chi connectivity index (χ2n) is 2.69. The topological polar surface area (TPSA) is 84.2 Å². The number of hydrogen-bond donors (Lipinski definition) is 2. The number of carboxylic acids is 1. The normalized spacial score (nSPS) is 9.71. The average Bonchev–Trinajstić information content (AvgIpc) is 2.55.